The van der Waals surface area contributed by atoms with Crippen molar-refractivity contribution >= 4 is 22.7 Å². The Hall–Kier alpha value is -2.70. The molecule has 170 valence electrons. The van der Waals surface area contributed by atoms with Crippen LogP contribution in [0.4, 0.5) is 11.8 Å². The van der Waals surface area contributed by atoms with Gasteiger partial charge in [-0.25, -0.2) is 4.98 Å². The fourth-order valence-electron chi connectivity index (χ4n) is 4.33. The van der Waals surface area contributed by atoms with Crippen molar-refractivity contribution in [2.45, 2.75) is 50.8 Å². The third-order valence-corrected chi connectivity index (χ3v) is 6.08. The van der Waals surface area contributed by atoms with Gasteiger partial charge in [-0.3, -0.25) is 0 Å². The van der Waals surface area contributed by atoms with E-state index < -0.39 is 0 Å². The molecule has 2 N–H and O–H groups in total. The van der Waals surface area contributed by atoms with E-state index in [1.807, 2.05) is 32.3 Å². The van der Waals surface area contributed by atoms with Crippen molar-refractivity contribution in [3.8, 4) is 0 Å². The summed E-state index contributed by atoms with van der Waals surface area (Å²) in [5.74, 6) is 1.70. The zero-order valence-electron chi connectivity index (χ0n) is 19.3. The van der Waals surface area contributed by atoms with E-state index in [0.717, 1.165) is 55.1 Å². The number of anilines is 2. The zero-order chi connectivity index (χ0) is 22.2. The molecule has 4 rings (SSSR count). The Morgan fingerprint density at radius 3 is 2.41 bits per heavy atom. The second-order valence-corrected chi connectivity index (χ2v) is 8.82. The first-order chi connectivity index (χ1) is 15.7. The molecule has 1 aromatic heterocycles. The summed E-state index contributed by atoms with van der Waals surface area (Å²) in [4.78, 5) is 11.6. The standard InChI is InChI=1S/C26H35N5O/c1-31(2)25-23-11-6-7-12-24(23)29-26(30-25)28-22-15-13-21(14-16-22)27-17-8-18-32-19-20-9-4-3-5-10-20/h3-7,9-12,21-22,27H,8,13-19H2,1-2H3,(H,28,29,30)/t21-,22+. The van der Waals surface area contributed by atoms with Crippen LogP contribution in [0.2, 0.25) is 0 Å². The van der Waals surface area contributed by atoms with Gasteiger partial charge in [0.25, 0.3) is 0 Å². The van der Waals surface area contributed by atoms with Crippen molar-refractivity contribution in [3.05, 3.63) is 60.2 Å². The maximum atomic E-state index is 5.78. The third-order valence-electron chi connectivity index (χ3n) is 6.08. The molecule has 0 atom stereocenters. The summed E-state index contributed by atoms with van der Waals surface area (Å²) in [7, 11) is 4.06. The van der Waals surface area contributed by atoms with E-state index in [-0.39, 0.29) is 0 Å². The van der Waals surface area contributed by atoms with Gasteiger partial charge in [-0.15, -0.1) is 0 Å². The Balaban J connectivity index is 1.17. The van der Waals surface area contributed by atoms with Crippen LogP contribution in [-0.4, -0.2) is 49.3 Å². The smallest absolute Gasteiger partial charge is 0.225 e. The predicted molar refractivity (Wildman–Crippen MR) is 132 cm³/mol. The molecule has 1 fully saturated rings. The number of hydrogen-bond donors (Lipinski definition) is 2. The first-order valence-electron chi connectivity index (χ1n) is 11.7. The molecule has 0 bridgehead atoms. The largest absolute Gasteiger partial charge is 0.377 e. The Labute approximate surface area is 191 Å². The molecule has 0 radical (unpaired) electrons. The summed E-state index contributed by atoms with van der Waals surface area (Å²) in [6.45, 7) is 2.51. The molecule has 6 heteroatoms. The maximum absolute atomic E-state index is 5.78. The number of hydrogen-bond acceptors (Lipinski definition) is 6. The van der Waals surface area contributed by atoms with Crippen molar-refractivity contribution < 1.29 is 4.74 Å². The summed E-state index contributed by atoms with van der Waals surface area (Å²) in [6, 6.07) is 19.6. The highest BCUT2D eigenvalue weighted by molar-refractivity contribution is 5.90. The molecule has 1 saturated carbocycles. The van der Waals surface area contributed by atoms with E-state index >= 15 is 0 Å². The molecule has 0 spiro atoms. The van der Waals surface area contributed by atoms with Gasteiger partial charge in [-0.05, 0) is 56.3 Å². The normalized spacial score (nSPS) is 18.6. The average molecular weight is 434 g/mol. The summed E-state index contributed by atoms with van der Waals surface area (Å²) < 4.78 is 5.78. The van der Waals surface area contributed by atoms with Gasteiger partial charge in [0.15, 0.2) is 0 Å². The lowest BCUT2D eigenvalue weighted by Crippen LogP contribution is -2.37. The van der Waals surface area contributed by atoms with E-state index in [2.05, 4.69) is 51.9 Å². The van der Waals surface area contributed by atoms with Crippen molar-refractivity contribution in [1.82, 2.24) is 15.3 Å². The van der Waals surface area contributed by atoms with Crippen molar-refractivity contribution in [3.63, 3.8) is 0 Å². The van der Waals surface area contributed by atoms with Crippen molar-refractivity contribution in [2.24, 2.45) is 0 Å². The average Bonchev–Trinajstić information content (AvgIpc) is 2.82. The highest BCUT2D eigenvalue weighted by atomic mass is 16.5. The molecule has 0 saturated heterocycles. The first-order valence-corrected chi connectivity index (χ1v) is 11.7. The molecule has 3 aromatic rings. The van der Waals surface area contributed by atoms with Crippen LogP contribution in [0.5, 0.6) is 0 Å². The minimum Gasteiger partial charge on any atom is -0.377 e. The highest BCUT2D eigenvalue weighted by Gasteiger charge is 2.21. The molecule has 32 heavy (non-hydrogen) atoms. The molecule has 2 aromatic carbocycles. The predicted octanol–water partition coefficient (Wildman–Crippen LogP) is 4.62. The van der Waals surface area contributed by atoms with E-state index in [0.29, 0.717) is 18.7 Å². The summed E-state index contributed by atoms with van der Waals surface area (Å²) in [5, 5.41) is 8.39. The van der Waals surface area contributed by atoms with Gasteiger partial charge < -0.3 is 20.3 Å². The number of aromatic nitrogens is 2. The molecular weight excluding hydrogens is 398 g/mol. The van der Waals surface area contributed by atoms with Crippen molar-refractivity contribution in [1.29, 1.82) is 0 Å². The van der Waals surface area contributed by atoms with Crippen LogP contribution in [-0.2, 0) is 11.3 Å². The quantitative estimate of drug-likeness (QED) is 0.455. The highest BCUT2D eigenvalue weighted by Crippen LogP contribution is 2.26. The zero-order valence-corrected chi connectivity index (χ0v) is 19.3. The topological polar surface area (TPSA) is 62.3 Å². The number of fused-ring (bicyclic) bond motifs is 1. The number of ether oxygens (including phenoxy) is 1. The lowest BCUT2D eigenvalue weighted by Gasteiger charge is -2.30. The fourth-order valence-corrected chi connectivity index (χ4v) is 4.33. The minimum absolute atomic E-state index is 0.429. The molecule has 0 aliphatic heterocycles. The maximum Gasteiger partial charge on any atom is 0.225 e. The van der Waals surface area contributed by atoms with E-state index in [1.54, 1.807) is 0 Å². The van der Waals surface area contributed by atoms with E-state index in [4.69, 9.17) is 14.7 Å². The van der Waals surface area contributed by atoms with Gasteiger partial charge in [0.2, 0.25) is 5.95 Å². The fraction of sp³-hybridized carbons (Fsp3) is 0.462. The minimum atomic E-state index is 0.429. The number of rotatable bonds is 10. The Bertz CT molecular complexity index is 970. The SMILES string of the molecule is CN(C)c1nc(N[C@H]2CC[C@@H](NCCCOCc3ccccc3)CC2)nc2ccccc12. The van der Waals surface area contributed by atoms with Crippen molar-refractivity contribution in [2.75, 3.05) is 37.5 Å². The molecule has 6 nitrogen and oxygen atoms in total. The van der Waals surface area contributed by atoms with E-state index in [1.165, 1.54) is 18.4 Å². The van der Waals surface area contributed by atoms with Gasteiger partial charge in [-0.2, -0.15) is 4.98 Å². The van der Waals surface area contributed by atoms with Crippen LogP contribution >= 0.6 is 0 Å². The Morgan fingerprint density at radius 2 is 1.62 bits per heavy atom. The molecule has 0 amide bonds. The van der Waals surface area contributed by atoms with Gasteiger partial charge in [0.1, 0.15) is 5.82 Å². The van der Waals surface area contributed by atoms with Crippen LogP contribution in [0.15, 0.2) is 54.6 Å². The number of para-hydroxylation sites is 1. The van der Waals surface area contributed by atoms with Gasteiger partial charge >= 0.3 is 0 Å². The monoisotopic (exact) mass is 433 g/mol. The summed E-state index contributed by atoms with van der Waals surface area (Å²) in [6.07, 6.45) is 5.67. The Kier molecular flexibility index (Phi) is 7.91. The second kappa shape index (κ2) is 11.2. The molecule has 1 heterocycles. The number of nitrogens with one attached hydrogen (secondary N) is 2. The molecule has 0 unspecified atom stereocenters. The second-order valence-electron chi connectivity index (χ2n) is 8.82. The number of benzene rings is 2. The Morgan fingerprint density at radius 1 is 0.906 bits per heavy atom. The number of nitrogens with zero attached hydrogens (tertiary/aromatic N) is 3. The van der Waals surface area contributed by atoms with E-state index in [9.17, 15) is 0 Å². The van der Waals surface area contributed by atoms with Gasteiger partial charge in [-0.1, -0.05) is 42.5 Å². The van der Waals surface area contributed by atoms with Crippen LogP contribution in [0.1, 0.15) is 37.7 Å². The lowest BCUT2D eigenvalue weighted by molar-refractivity contribution is 0.117. The van der Waals surface area contributed by atoms with Gasteiger partial charge in [0, 0.05) is 38.2 Å². The van der Waals surface area contributed by atoms with Crippen LogP contribution < -0.4 is 15.5 Å². The first kappa shape index (κ1) is 22.5. The van der Waals surface area contributed by atoms with Gasteiger partial charge in [0.05, 0.1) is 12.1 Å². The molecule has 1 aliphatic carbocycles. The summed E-state index contributed by atoms with van der Waals surface area (Å²) in [5.41, 5.74) is 2.22. The van der Waals surface area contributed by atoms with Crippen LogP contribution in [0.3, 0.4) is 0 Å². The molecular formula is C26H35N5O. The lowest BCUT2D eigenvalue weighted by atomic mass is 9.91. The third kappa shape index (κ3) is 6.17. The van der Waals surface area contributed by atoms with Crippen LogP contribution in [0, 0.1) is 0 Å². The van der Waals surface area contributed by atoms with Crippen LogP contribution in [0.25, 0.3) is 10.9 Å². The summed E-state index contributed by atoms with van der Waals surface area (Å²) >= 11 is 0. The molecule has 1 aliphatic rings.